The zero-order chi connectivity index (χ0) is 22.5. The number of carbonyl (C=O) groups excluding carboxylic acids is 1. The van der Waals surface area contributed by atoms with Gasteiger partial charge in [0.1, 0.15) is 17.3 Å². The molecule has 166 valence electrons. The van der Waals surface area contributed by atoms with Gasteiger partial charge in [-0.05, 0) is 43.0 Å². The van der Waals surface area contributed by atoms with E-state index in [2.05, 4.69) is 20.5 Å². The van der Waals surface area contributed by atoms with Crippen molar-refractivity contribution in [2.45, 2.75) is 31.1 Å². The average molecular weight is 446 g/mol. The summed E-state index contributed by atoms with van der Waals surface area (Å²) in [5, 5.41) is 11.2. The molecule has 1 saturated heterocycles. The van der Waals surface area contributed by atoms with E-state index in [9.17, 15) is 22.4 Å². The second kappa shape index (κ2) is 7.57. The smallest absolute Gasteiger partial charge is 0.365 e. The number of nitrogens with zero attached hydrogens (tertiary/aromatic N) is 5. The zero-order valence-electron chi connectivity index (χ0n) is 16.6. The van der Waals surface area contributed by atoms with Crippen molar-refractivity contribution in [2.75, 3.05) is 11.9 Å². The van der Waals surface area contributed by atoms with Gasteiger partial charge in [-0.2, -0.15) is 28.2 Å². The second-order valence-corrected chi connectivity index (χ2v) is 8.02. The molecule has 32 heavy (non-hydrogen) atoms. The molecule has 1 aliphatic carbocycles. The minimum Gasteiger partial charge on any atom is -0.365 e. The largest absolute Gasteiger partial charge is 0.417 e. The van der Waals surface area contributed by atoms with E-state index in [1.54, 1.807) is 4.90 Å². The Kier molecular flexibility index (Phi) is 4.83. The van der Waals surface area contributed by atoms with E-state index in [-0.39, 0.29) is 35.2 Å². The number of hydrogen-bond donors (Lipinski definition) is 1. The normalized spacial score (nSPS) is 22.4. The van der Waals surface area contributed by atoms with Gasteiger partial charge in [0.25, 0.3) is 5.91 Å². The van der Waals surface area contributed by atoms with Gasteiger partial charge < -0.3 is 10.2 Å². The van der Waals surface area contributed by atoms with Crippen LogP contribution in [-0.4, -0.2) is 49.4 Å². The van der Waals surface area contributed by atoms with Crippen LogP contribution in [-0.2, 0) is 6.18 Å². The van der Waals surface area contributed by atoms with Gasteiger partial charge in [-0.3, -0.25) is 4.79 Å². The Bertz CT molecular complexity index is 1130. The van der Waals surface area contributed by atoms with Gasteiger partial charge in [0.2, 0.25) is 0 Å². The van der Waals surface area contributed by atoms with Crippen LogP contribution >= 0.6 is 0 Å². The van der Waals surface area contributed by atoms with Crippen molar-refractivity contribution in [1.29, 1.82) is 0 Å². The topological polar surface area (TPSA) is 75.9 Å². The molecule has 3 aromatic rings. The maximum Gasteiger partial charge on any atom is 0.417 e. The first kappa shape index (κ1) is 20.4. The lowest BCUT2D eigenvalue weighted by Crippen LogP contribution is -2.48. The molecule has 1 aromatic carbocycles. The van der Waals surface area contributed by atoms with Gasteiger partial charge in [-0.1, -0.05) is 0 Å². The molecule has 5 rings (SSSR count). The molecule has 1 amide bonds. The number of fused-ring (bicyclic) bond motifs is 2. The molecule has 1 saturated carbocycles. The summed E-state index contributed by atoms with van der Waals surface area (Å²) in [6.07, 6.45) is 0.786. The number of benzene rings is 1. The first-order chi connectivity index (χ1) is 15.3. The highest BCUT2D eigenvalue weighted by Crippen LogP contribution is 2.40. The number of nitrogens with one attached hydrogen (secondary N) is 1. The minimum absolute atomic E-state index is 0.145. The highest BCUT2D eigenvalue weighted by Gasteiger charge is 2.47. The highest BCUT2D eigenvalue weighted by atomic mass is 19.4. The predicted octanol–water partition coefficient (Wildman–Crippen LogP) is 3.54. The highest BCUT2D eigenvalue weighted by molar-refractivity contribution is 5.98. The van der Waals surface area contributed by atoms with Crippen molar-refractivity contribution in [3.63, 3.8) is 0 Å². The number of alkyl halides is 3. The second-order valence-electron chi connectivity index (χ2n) is 8.02. The van der Waals surface area contributed by atoms with Crippen LogP contribution in [0.2, 0.25) is 0 Å². The third-order valence-electron chi connectivity index (χ3n) is 5.99. The zero-order valence-corrected chi connectivity index (χ0v) is 16.6. The van der Waals surface area contributed by atoms with Crippen molar-refractivity contribution < 1.29 is 22.4 Å². The summed E-state index contributed by atoms with van der Waals surface area (Å²) in [5.41, 5.74) is -0.290. The Labute approximate surface area is 180 Å². The number of piperidine rings is 1. The number of rotatable bonds is 4. The fourth-order valence-electron chi connectivity index (χ4n) is 4.60. The number of carbonyl (C=O) groups is 1. The molecule has 2 bridgehead atoms. The maximum atomic E-state index is 13.9. The third-order valence-corrected chi connectivity index (χ3v) is 5.99. The first-order valence-corrected chi connectivity index (χ1v) is 10.1. The Morgan fingerprint density at radius 1 is 1.09 bits per heavy atom. The number of anilines is 1. The van der Waals surface area contributed by atoms with Crippen LogP contribution in [0.4, 0.5) is 23.4 Å². The summed E-state index contributed by atoms with van der Waals surface area (Å²) in [6, 6.07) is 5.83. The molecule has 3 atom stereocenters. The Hall–Kier alpha value is -3.50. The Morgan fingerprint density at radius 3 is 2.53 bits per heavy atom. The van der Waals surface area contributed by atoms with Gasteiger partial charge in [0, 0.05) is 24.8 Å². The number of likely N-dealkylation sites (tertiary alicyclic amines) is 1. The van der Waals surface area contributed by atoms with Gasteiger partial charge in [0.15, 0.2) is 0 Å². The number of amides is 1. The summed E-state index contributed by atoms with van der Waals surface area (Å²) in [5.74, 6) is -0.185. The lowest BCUT2D eigenvalue weighted by Gasteiger charge is -2.34. The number of pyridine rings is 1. The fourth-order valence-corrected chi connectivity index (χ4v) is 4.60. The van der Waals surface area contributed by atoms with Crippen molar-refractivity contribution in [1.82, 2.24) is 24.9 Å². The van der Waals surface area contributed by atoms with Gasteiger partial charge >= 0.3 is 6.18 Å². The van der Waals surface area contributed by atoms with Gasteiger partial charge in [-0.15, -0.1) is 0 Å². The number of halogens is 4. The summed E-state index contributed by atoms with van der Waals surface area (Å²) < 4.78 is 52.2. The van der Waals surface area contributed by atoms with Crippen LogP contribution in [0.25, 0.3) is 5.69 Å². The van der Waals surface area contributed by atoms with Crippen LogP contribution in [0, 0.1) is 11.7 Å². The Balaban J connectivity index is 1.36. The molecule has 7 nitrogen and oxygen atoms in total. The molecule has 11 heteroatoms. The van der Waals surface area contributed by atoms with Crippen molar-refractivity contribution in [2.24, 2.45) is 5.92 Å². The predicted molar refractivity (Wildman–Crippen MR) is 106 cm³/mol. The molecule has 0 spiro atoms. The van der Waals surface area contributed by atoms with Crippen molar-refractivity contribution in [3.8, 4) is 5.69 Å². The molecule has 3 heterocycles. The lowest BCUT2D eigenvalue weighted by atomic mass is 10.0. The first-order valence-electron chi connectivity index (χ1n) is 10.1. The van der Waals surface area contributed by atoms with E-state index in [0.717, 1.165) is 25.1 Å². The van der Waals surface area contributed by atoms with Crippen LogP contribution in [0.3, 0.4) is 0 Å². The monoisotopic (exact) mass is 446 g/mol. The molecule has 2 fully saturated rings. The van der Waals surface area contributed by atoms with E-state index in [0.29, 0.717) is 12.4 Å². The van der Waals surface area contributed by atoms with Crippen molar-refractivity contribution in [3.05, 3.63) is 65.9 Å². The molecule has 0 radical (unpaired) electrons. The summed E-state index contributed by atoms with van der Waals surface area (Å²) in [4.78, 5) is 20.2. The molecule has 0 unspecified atom stereocenters. The van der Waals surface area contributed by atoms with Crippen molar-refractivity contribution >= 4 is 11.7 Å². The van der Waals surface area contributed by atoms with Gasteiger partial charge in [-0.25, -0.2) is 9.37 Å². The molecule has 2 aliphatic rings. The van der Waals surface area contributed by atoms with Crippen LogP contribution in [0.15, 0.2) is 48.9 Å². The van der Waals surface area contributed by atoms with E-state index in [1.165, 1.54) is 41.5 Å². The summed E-state index contributed by atoms with van der Waals surface area (Å²) in [7, 11) is 0. The van der Waals surface area contributed by atoms with E-state index in [1.807, 2.05) is 0 Å². The van der Waals surface area contributed by atoms with Gasteiger partial charge in [0.05, 0.1) is 29.6 Å². The van der Waals surface area contributed by atoms with E-state index < -0.39 is 17.6 Å². The standard InChI is InChI=1S/C21H18F4N6O/c22-14-2-3-15(17(9-14)31-27-5-6-28-31)20(32)30-11-12-7-16(18(30)8-12)29-19-4-1-13(10-26-19)21(23,24)25/h1-6,9-10,12,16,18H,7-8,11H2,(H,26,29)/t12-,16-,18+/m1/s1. The fraction of sp³-hybridized carbons (Fsp3) is 0.333. The quantitative estimate of drug-likeness (QED) is 0.621. The maximum absolute atomic E-state index is 13.9. The average Bonchev–Trinajstić information content (AvgIpc) is 3.50. The van der Waals surface area contributed by atoms with Crippen LogP contribution < -0.4 is 5.32 Å². The number of aromatic nitrogens is 4. The molecule has 2 aromatic heterocycles. The summed E-state index contributed by atoms with van der Waals surface area (Å²) in [6.45, 7) is 0.561. The lowest BCUT2D eigenvalue weighted by molar-refractivity contribution is -0.137. The van der Waals surface area contributed by atoms with Crippen LogP contribution in [0.1, 0.15) is 28.8 Å². The number of hydrogen-bond acceptors (Lipinski definition) is 5. The molecular weight excluding hydrogens is 428 g/mol. The molecule has 1 N–H and O–H groups in total. The SMILES string of the molecule is O=C(c1ccc(F)cc1-n1nccn1)N1C[C@@H]2C[C@@H](Nc3ccc(C(F)(F)F)cn3)[C@@H]1C2. The summed E-state index contributed by atoms with van der Waals surface area (Å²) >= 11 is 0. The molecular formula is C21H18F4N6O. The third kappa shape index (κ3) is 3.67. The van der Waals surface area contributed by atoms with Crippen LogP contribution in [0.5, 0.6) is 0 Å². The Morgan fingerprint density at radius 2 is 1.88 bits per heavy atom. The molecule has 1 aliphatic heterocycles. The van der Waals surface area contributed by atoms with E-state index in [4.69, 9.17) is 0 Å². The van der Waals surface area contributed by atoms with E-state index >= 15 is 0 Å². The minimum atomic E-state index is -4.45.